The summed E-state index contributed by atoms with van der Waals surface area (Å²) < 4.78 is 61.6. The van der Waals surface area contributed by atoms with E-state index in [0.29, 0.717) is 43.1 Å². The number of morpholine rings is 1. The minimum absolute atomic E-state index is 0.0205. The van der Waals surface area contributed by atoms with Crippen LogP contribution in [0.25, 0.3) is 11.1 Å². The maximum Gasteiger partial charge on any atom is 0.283 e. The normalized spacial score (nSPS) is 20.9. The molecule has 34 heavy (non-hydrogen) atoms. The molecular formula is C24H19F3N4O3. The molecule has 2 aromatic carbocycles. The Bertz CT molecular complexity index is 1340. The molecule has 0 radical (unpaired) electrons. The van der Waals surface area contributed by atoms with Crippen molar-refractivity contribution >= 4 is 11.7 Å². The third-order valence-corrected chi connectivity index (χ3v) is 6.36. The molecule has 6 rings (SSSR count). The Morgan fingerprint density at radius 2 is 1.79 bits per heavy atom. The summed E-state index contributed by atoms with van der Waals surface area (Å²) in [7, 11) is 0. The zero-order valence-corrected chi connectivity index (χ0v) is 17.9. The first kappa shape index (κ1) is 20.8. The monoisotopic (exact) mass is 468 g/mol. The molecule has 0 bridgehead atoms. The molecule has 1 saturated heterocycles. The summed E-state index contributed by atoms with van der Waals surface area (Å²) in [4.78, 5) is 10.1. The number of hydrogen-bond donors (Lipinski definition) is 1. The molecule has 0 aliphatic carbocycles. The lowest BCUT2D eigenvalue weighted by Crippen LogP contribution is -2.37. The number of anilines is 1. The first-order valence-electron chi connectivity index (χ1n) is 10.7. The second kappa shape index (κ2) is 7.63. The highest BCUT2D eigenvalue weighted by Crippen LogP contribution is 2.53. The maximum absolute atomic E-state index is 15.4. The molecule has 174 valence electrons. The number of pyridine rings is 1. The minimum atomic E-state index is -1.29. The van der Waals surface area contributed by atoms with E-state index < -0.39 is 23.1 Å². The fraction of sp³-hybridized carbons (Fsp3) is 0.250. The van der Waals surface area contributed by atoms with Crippen LogP contribution in [0.3, 0.4) is 0 Å². The summed E-state index contributed by atoms with van der Waals surface area (Å²) in [5, 5.41) is 0. The molecule has 7 nitrogen and oxygen atoms in total. The van der Waals surface area contributed by atoms with Gasteiger partial charge in [-0.25, -0.2) is 18.8 Å². The predicted molar refractivity (Wildman–Crippen MR) is 117 cm³/mol. The zero-order valence-electron chi connectivity index (χ0n) is 17.9. The fourth-order valence-corrected chi connectivity index (χ4v) is 4.71. The Balaban J connectivity index is 1.57. The van der Waals surface area contributed by atoms with Crippen molar-refractivity contribution in [3.05, 3.63) is 71.3 Å². The van der Waals surface area contributed by atoms with E-state index in [1.807, 2.05) is 4.90 Å². The summed E-state index contributed by atoms with van der Waals surface area (Å²) in [5.41, 5.74) is 5.97. The van der Waals surface area contributed by atoms with E-state index in [9.17, 15) is 4.39 Å². The van der Waals surface area contributed by atoms with Crippen LogP contribution in [0.1, 0.15) is 11.1 Å². The SMILES string of the molecule is NC1=NC2(CO1)c1cc(-c3cccnc3F)c(F)cc1Oc1c(F)cc(N3CCOCC3)cc12. The molecule has 10 heteroatoms. The van der Waals surface area contributed by atoms with Crippen molar-refractivity contribution in [2.75, 3.05) is 37.8 Å². The average Bonchev–Trinajstić information content (AvgIpc) is 3.23. The highest BCUT2D eigenvalue weighted by Gasteiger charge is 2.48. The van der Waals surface area contributed by atoms with Gasteiger partial charge in [0.25, 0.3) is 6.02 Å². The number of halogens is 3. The number of nitrogens with two attached hydrogens (primary N) is 1. The number of rotatable bonds is 2. The fourth-order valence-electron chi connectivity index (χ4n) is 4.71. The van der Waals surface area contributed by atoms with E-state index in [0.717, 1.165) is 6.07 Å². The largest absolute Gasteiger partial charge is 0.462 e. The van der Waals surface area contributed by atoms with Crippen LogP contribution in [0.2, 0.25) is 0 Å². The summed E-state index contributed by atoms with van der Waals surface area (Å²) in [6, 6.07) is 8.55. The van der Waals surface area contributed by atoms with Gasteiger partial charge in [0.1, 0.15) is 18.2 Å². The molecule has 1 fully saturated rings. The first-order valence-corrected chi connectivity index (χ1v) is 10.7. The van der Waals surface area contributed by atoms with Gasteiger partial charge in [-0.1, -0.05) is 0 Å². The molecular weight excluding hydrogens is 449 g/mol. The third-order valence-electron chi connectivity index (χ3n) is 6.36. The second-order valence-corrected chi connectivity index (χ2v) is 8.27. The van der Waals surface area contributed by atoms with Crippen LogP contribution in [0.5, 0.6) is 11.5 Å². The number of hydrogen-bond acceptors (Lipinski definition) is 7. The molecule has 1 atom stereocenters. The van der Waals surface area contributed by atoms with E-state index in [1.165, 1.54) is 30.5 Å². The lowest BCUT2D eigenvalue weighted by Gasteiger charge is -2.36. The molecule has 0 saturated carbocycles. The maximum atomic E-state index is 15.4. The number of amidine groups is 1. The average molecular weight is 468 g/mol. The van der Waals surface area contributed by atoms with Crippen molar-refractivity contribution in [3.63, 3.8) is 0 Å². The van der Waals surface area contributed by atoms with Crippen molar-refractivity contribution in [2.24, 2.45) is 10.7 Å². The molecule has 1 unspecified atom stereocenters. The number of aliphatic imine (C=N–C) groups is 1. The van der Waals surface area contributed by atoms with Crippen LogP contribution in [-0.4, -0.2) is 43.9 Å². The van der Waals surface area contributed by atoms with Gasteiger partial charge in [0.2, 0.25) is 5.95 Å². The van der Waals surface area contributed by atoms with E-state index in [4.69, 9.17) is 19.9 Å². The number of ether oxygens (including phenoxy) is 3. The quantitative estimate of drug-likeness (QED) is 0.578. The van der Waals surface area contributed by atoms with Gasteiger partial charge in [0, 0.05) is 59.4 Å². The van der Waals surface area contributed by atoms with Crippen molar-refractivity contribution < 1.29 is 27.4 Å². The summed E-state index contributed by atoms with van der Waals surface area (Å²) in [5.74, 6) is -2.21. The van der Waals surface area contributed by atoms with Gasteiger partial charge in [0.15, 0.2) is 17.1 Å². The lowest BCUT2D eigenvalue weighted by molar-refractivity contribution is 0.122. The third kappa shape index (κ3) is 3.09. The summed E-state index contributed by atoms with van der Waals surface area (Å²) >= 11 is 0. The number of nitrogens with zero attached hydrogens (tertiary/aromatic N) is 3. The van der Waals surface area contributed by atoms with Crippen molar-refractivity contribution in [3.8, 4) is 22.6 Å². The van der Waals surface area contributed by atoms with Gasteiger partial charge in [-0.3, -0.25) is 0 Å². The van der Waals surface area contributed by atoms with Crippen molar-refractivity contribution in [1.82, 2.24) is 4.98 Å². The van der Waals surface area contributed by atoms with E-state index in [2.05, 4.69) is 9.98 Å². The molecule has 4 heterocycles. The van der Waals surface area contributed by atoms with Gasteiger partial charge < -0.3 is 24.8 Å². The summed E-state index contributed by atoms with van der Waals surface area (Å²) in [6.07, 6.45) is 1.28. The van der Waals surface area contributed by atoms with Crippen LogP contribution < -0.4 is 15.4 Å². The molecule has 1 spiro atoms. The first-order chi connectivity index (χ1) is 16.5. The standard InChI is InChI=1S/C24H19F3N4O3/c25-18-11-20-16(10-15(18)14-2-1-3-29-22(14)27)24(12-33-23(28)30-24)17-8-13(9-19(26)21(17)34-20)31-4-6-32-7-5-31/h1-3,8-11H,4-7,12H2,(H2,28,30). The smallest absolute Gasteiger partial charge is 0.283 e. The van der Waals surface area contributed by atoms with Gasteiger partial charge in [-0.2, -0.15) is 4.39 Å². The molecule has 3 aromatic rings. The molecule has 3 aliphatic heterocycles. The molecule has 0 amide bonds. The number of fused-ring (bicyclic) bond motifs is 4. The van der Waals surface area contributed by atoms with Crippen LogP contribution in [0, 0.1) is 17.6 Å². The van der Waals surface area contributed by atoms with Crippen molar-refractivity contribution in [2.45, 2.75) is 5.54 Å². The molecule has 2 N–H and O–H groups in total. The van der Waals surface area contributed by atoms with E-state index in [-0.39, 0.29) is 35.3 Å². The van der Waals surface area contributed by atoms with Gasteiger partial charge in [-0.05, 0) is 24.3 Å². The van der Waals surface area contributed by atoms with Gasteiger partial charge in [0.05, 0.1) is 13.2 Å². The van der Waals surface area contributed by atoms with Gasteiger partial charge in [-0.15, -0.1) is 0 Å². The number of benzene rings is 2. The Hall–Kier alpha value is -3.79. The molecule has 3 aliphatic rings. The Morgan fingerprint density at radius 3 is 2.53 bits per heavy atom. The van der Waals surface area contributed by atoms with Crippen molar-refractivity contribution in [1.29, 1.82) is 0 Å². The number of aromatic nitrogens is 1. The van der Waals surface area contributed by atoms with Crippen LogP contribution >= 0.6 is 0 Å². The zero-order chi connectivity index (χ0) is 23.4. The predicted octanol–water partition coefficient (Wildman–Crippen LogP) is 3.70. The Labute approximate surface area is 192 Å². The van der Waals surface area contributed by atoms with Crippen LogP contribution in [-0.2, 0) is 15.0 Å². The molecule has 1 aromatic heterocycles. The van der Waals surface area contributed by atoms with E-state index in [1.54, 1.807) is 6.07 Å². The second-order valence-electron chi connectivity index (χ2n) is 8.27. The Kier molecular flexibility index (Phi) is 4.66. The summed E-state index contributed by atoms with van der Waals surface area (Å²) in [6.45, 7) is 2.20. The van der Waals surface area contributed by atoms with E-state index >= 15 is 8.78 Å². The highest BCUT2D eigenvalue weighted by atomic mass is 19.1. The highest BCUT2D eigenvalue weighted by molar-refractivity contribution is 5.78. The van der Waals surface area contributed by atoms with Crippen LogP contribution in [0.15, 0.2) is 47.6 Å². The lowest BCUT2D eigenvalue weighted by atomic mass is 9.80. The minimum Gasteiger partial charge on any atom is -0.462 e. The van der Waals surface area contributed by atoms with Gasteiger partial charge >= 0.3 is 0 Å². The Morgan fingerprint density at radius 1 is 0.971 bits per heavy atom. The van der Waals surface area contributed by atoms with Crippen LogP contribution in [0.4, 0.5) is 18.9 Å². The topological polar surface area (TPSA) is 82.2 Å².